The number of carbonyl (C=O) groups is 3. The smallest absolute Gasteiger partial charge is 0.415 e. The molecule has 1 aliphatic heterocycles. The third kappa shape index (κ3) is 4.16. The Morgan fingerprint density at radius 2 is 2.20 bits per heavy atom. The zero-order chi connectivity index (χ0) is 17.8. The first-order valence-corrected chi connectivity index (χ1v) is 8.49. The molecule has 0 radical (unpaired) electrons. The normalized spacial score (nSPS) is 16.4. The van der Waals surface area contributed by atoms with Crippen LogP contribution in [0.5, 0.6) is 5.75 Å². The van der Waals surface area contributed by atoms with E-state index in [2.05, 4.69) is 5.32 Å². The molecule has 2 heterocycles. The molecule has 0 saturated carbocycles. The lowest BCUT2D eigenvalue weighted by Crippen LogP contribution is -2.34. The van der Waals surface area contributed by atoms with Gasteiger partial charge in [0.1, 0.15) is 16.9 Å². The number of benzene rings is 1. The van der Waals surface area contributed by atoms with E-state index >= 15 is 0 Å². The van der Waals surface area contributed by atoms with Gasteiger partial charge in [0.25, 0.3) is 5.91 Å². The van der Waals surface area contributed by atoms with Gasteiger partial charge in [-0.3, -0.25) is 14.5 Å². The molecule has 130 valence electrons. The van der Waals surface area contributed by atoms with Crippen molar-refractivity contribution in [3.05, 3.63) is 47.3 Å². The molecule has 3 rings (SSSR count). The Morgan fingerprint density at radius 3 is 2.92 bits per heavy atom. The second kappa shape index (κ2) is 7.35. The fourth-order valence-corrected chi connectivity index (χ4v) is 3.14. The third-order valence-corrected chi connectivity index (χ3v) is 4.39. The van der Waals surface area contributed by atoms with Gasteiger partial charge in [-0.05, 0) is 35.7 Å². The number of hydrogen-bond donors (Lipinski definition) is 1. The van der Waals surface area contributed by atoms with Crippen LogP contribution in [0.2, 0.25) is 0 Å². The van der Waals surface area contributed by atoms with Gasteiger partial charge in [-0.15, -0.1) is 11.3 Å². The lowest BCUT2D eigenvalue weighted by atomic mass is 10.2. The summed E-state index contributed by atoms with van der Waals surface area (Å²) in [6.07, 6.45) is -0.839. The Balaban J connectivity index is 1.56. The number of nitrogens with zero attached hydrogens (tertiary/aromatic N) is 1. The largest absolute Gasteiger partial charge is 0.442 e. The van der Waals surface area contributed by atoms with Crippen LogP contribution in [0.4, 0.5) is 9.80 Å². The first-order valence-electron chi connectivity index (χ1n) is 7.61. The molecule has 1 atom stereocenters. The molecule has 0 bridgehead atoms. The van der Waals surface area contributed by atoms with Crippen molar-refractivity contribution in [2.45, 2.75) is 13.0 Å². The molecular formula is C17H16N2O5S. The van der Waals surface area contributed by atoms with Crippen LogP contribution in [-0.4, -0.2) is 37.2 Å². The van der Waals surface area contributed by atoms with Crippen molar-refractivity contribution in [3.8, 4) is 5.75 Å². The highest BCUT2D eigenvalue weighted by atomic mass is 32.1. The summed E-state index contributed by atoms with van der Waals surface area (Å²) < 4.78 is 10.2. The van der Waals surface area contributed by atoms with Gasteiger partial charge in [0.05, 0.1) is 13.1 Å². The molecule has 7 nitrogen and oxygen atoms in total. The molecule has 1 unspecified atom stereocenters. The molecule has 0 aliphatic carbocycles. The Morgan fingerprint density at radius 1 is 1.36 bits per heavy atom. The predicted octanol–water partition coefficient (Wildman–Crippen LogP) is 2.43. The van der Waals surface area contributed by atoms with Gasteiger partial charge >= 0.3 is 12.1 Å². The molecule has 1 saturated heterocycles. The lowest BCUT2D eigenvalue weighted by molar-refractivity contribution is -0.131. The maximum Gasteiger partial charge on any atom is 0.415 e. The molecule has 2 amide bonds. The number of rotatable bonds is 5. The highest BCUT2D eigenvalue weighted by Gasteiger charge is 2.33. The molecule has 1 aliphatic rings. The van der Waals surface area contributed by atoms with Gasteiger partial charge in [-0.25, -0.2) is 4.79 Å². The molecule has 1 aromatic carbocycles. The van der Waals surface area contributed by atoms with E-state index < -0.39 is 18.2 Å². The van der Waals surface area contributed by atoms with E-state index in [0.29, 0.717) is 17.9 Å². The van der Waals surface area contributed by atoms with Gasteiger partial charge in [0.15, 0.2) is 0 Å². The van der Waals surface area contributed by atoms with E-state index in [4.69, 9.17) is 9.47 Å². The predicted molar refractivity (Wildman–Crippen MR) is 92.0 cm³/mol. The number of anilines is 1. The summed E-state index contributed by atoms with van der Waals surface area (Å²) in [7, 11) is 0. The van der Waals surface area contributed by atoms with E-state index in [1.807, 2.05) is 17.5 Å². The van der Waals surface area contributed by atoms with Crippen molar-refractivity contribution in [1.82, 2.24) is 5.32 Å². The molecule has 8 heteroatoms. The van der Waals surface area contributed by atoms with Gasteiger partial charge in [-0.1, -0.05) is 6.07 Å². The number of hydrogen-bond acceptors (Lipinski definition) is 6. The molecule has 2 aromatic rings. The summed E-state index contributed by atoms with van der Waals surface area (Å²) in [4.78, 5) is 36.6. The number of carbonyl (C=O) groups excluding carboxylic acids is 3. The van der Waals surface area contributed by atoms with Crippen LogP contribution in [0.15, 0.2) is 41.8 Å². The van der Waals surface area contributed by atoms with Crippen LogP contribution in [0.1, 0.15) is 17.3 Å². The van der Waals surface area contributed by atoms with Crippen molar-refractivity contribution in [3.63, 3.8) is 0 Å². The summed E-state index contributed by atoms with van der Waals surface area (Å²) in [5.74, 6) is -0.486. The highest BCUT2D eigenvalue weighted by Crippen LogP contribution is 2.26. The number of nitrogens with one attached hydrogen (secondary N) is 1. The number of cyclic esters (lactones) is 1. The first-order chi connectivity index (χ1) is 12.0. The Kier molecular flexibility index (Phi) is 4.99. The number of esters is 1. The monoisotopic (exact) mass is 360 g/mol. The fourth-order valence-electron chi connectivity index (χ4n) is 2.41. The average molecular weight is 360 g/mol. The van der Waals surface area contributed by atoms with E-state index in [1.165, 1.54) is 24.3 Å². The molecule has 1 aromatic heterocycles. The van der Waals surface area contributed by atoms with E-state index in [1.54, 1.807) is 23.1 Å². The molecular weight excluding hydrogens is 344 g/mol. The second-order valence-electron chi connectivity index (χ2n) is 5.40. The van der Waals surface area contributed by atoms with E-state index in [-0.39, 0.29) is 12.5 Å². The molecule has 1 fully saturated rings. The minimum Gasteiger partial charge on any atom is -0.442 e. The fraction of sp³-hybridized carbons (Fsp3) is 0.235. The summed E-state index contributed by atoms with van der Waals surface area (Å²) in [5.41, 5.74) is 0.359. The highest BCUT2D eigenvalue weighted by molar-refractivity contribution is 7.14. The minimum absolute atomic E-state index is 0.199. The van der Waals surface area contributed by atoms with Crippen LogP contribution in [0.25, 0.3) is 0 Å². The Hall–Kier alpha value is -2.87. The minimum atomic E-state index is -0.455. The second-order valence-corrected chi connectivity index (χ2v) is 6.33. The summed E-state index contributed by atoms with van der Waals surface area (Å²) in [5, 5.41) is 5.42. The Bertz CT molecular complexity index is 790. The van der Waals surface area contributed by atoms with Crippen molar-refractivity contribution in [2.75, 3.05) is 18.0 Å². The lowest BCUT2D eigenvalue weighted by Gasteiger charge is -2.11. The van der Waals surface area contributed by atoms with Crippen molar-refractivity contribution in [1.29, 1.82) is 0 Å². The number of amides is 2. The quantitative estimate of drug-likeness (QED) is 0.654. The van der Waals surface area contributed by atoms with E-state index in [0.717, 1.165) is 5.00 Å². The van der Waals surface area contributed by atoms with Crippen molar-refractivity contribution < 1.29 is 23.9 Å². The van der Waals surface area contributed by atoms with Gasteiger partial charge in [0.2, 0.25) is 0 Å². The van der Waals surface area contributed by atoms with Crippen LogP contribution in [-0.2, 0) is 9.53 Å². The maximum atomic E-state index is 12.2. The maximum absolute atomic E-state index is 12.2. The van der Waals surface area contributed by atoms with Crippen molar-refractivity contribution >= 4 is 34.3 Å². The summed E-state index contributed by atoms with van der Waals surface area (Å²) >= 11 is 1.45. The van der Waals surface area contributed by atoms with Crippen LogP contribution < -0.4 is 15.0 Å². The summed E-state index contributed by atoms with van der Waals surface area (Å²) in [6.45, 7) is 1.87. The average Bonchev–Trinajstić information content (AvgIpc) is 3.21. The first kappa shape index (κ1) is 17.0. The zero-order valence-corrected chi connectivity index (χ0v) is 14.2. The zero-order valence-electron chi connectivity index (χ0n) is 13.4. The van der Waals surface area contributed by atoms with Crippen molar-refractivity contribution in [2.24, 2.45) is 0 Å². The van der Waals surface area contributed by atoms with Crippen LogP contribution in [0.3, 0.4) is 0 Å². The molecule has 0 spiro atoms. The van der Waals surface area contributed by atoms with Crippen LogP contribution >= 0.6 is 11.3 Å². The van der Waals surface area contributed by atoms with Gasteiger partial charge < -0.3 is 14.8 Å². The number of ether oxygens (including phenoxy) is 2. The van der Waals surface area contributed by atoms with Crippen LogP contribution in [0, 0.1) is 0 Å². The molecule has 25 heavy (non-hydrogen) atoms. The van der Waals surface area contributed by atoms with E-state index in [9.17, 15) is 14.4 Å². The standard InChI is InChI=1S/C17H16N2O5S/c1-11(20)23-13-5-2-4-12(8-13)16(21)18-9-14-10-19(17(22)24-14)15-6-3-7-25-15/h2-8,14H,9-10H2,1H3,(H,18,21). The number of thiophene rings is 1. The summed E-state index contributed by atoms with van der Waals surface area (Å²) in [6, 6.07) is 10.0. The SMILES string of the molecule is CC(=O)Oc1cccc(C(=O)NCC2CN(c3cccs3)C(=O)O2)c1. The topological polar surface area (TPSA) is 84.9 Å². The van der Waals surface area contributed by atoms with Gasteiger partial charge in [0, 0.05) is 12.5 Å². The third-order valence-electron chi connectivity index (χ3n) is 3.49. The Labute approximate surface area is 148 Å². The molecule has 1 N–H and O–H groups in total. The van der Waals surface area contributed by atoms with Gasteiger partial charge in [-0.2, -0.15) is 0 Å².